The minimum absolute atomic E-state index is 0.262. The number of carbonyl (C=O) groups is 5. The van der Waals surface area contributed by atoms with E-state index in [2.05, 4.69) is 5.32 Å². The minimum atomic E-state index is -1.26. The van der Waals surface area contributed by atoms with Crippen LogP contribution >= 0.6 is 0 Å². The molecule has 1 aromatic carbocycles. The molecule has 0 saturated carbocycles. The normalized spacial score (nSPS) is 16.6. The summed E-state index contributed by atoms with van der Waals surface area (Å²) in [5.74, 6) is -4.20. The number of carboxylic acid groups (broad SMARTS) is 3. The zero-order chi connectivity index (χ0) is 26.4. The Morgan fingerprint density at radius 2 is 1.69 bits per heavy atom. The third-order valence-corrected chi connectivity index (χ3v) is 5.15. The molecule has 1 aliphatic rings. The van der Waals surface area contributed by atoms with Crippen LogP contribution in [-0.4, -0.2) is 81.3 Å². The van der Waals surface area contributed by atoms with Gasteiger partial charge in [0.05, 0.1) is 12.6 Å². The molecule has 11 heteroatoms. The Balaban J connectivity index is 0.000000658. The lowest BCUT2D eigenvalue weighted by atomic mass is 10.0. The molecule has 2 rings (SSSR count). The predicted molar refractivity (Wildman–Crippen MR) is 125 cm³/mol. The number of carboxylic acids is 3. The standard InChI is InChI=1S/C20H28N2O5.C4H4O4/c1-3-27-20(26)16(12-11-15-8-5-4-6-9-15)21-14(2)18(23)22-13-7-10-17(22)19(24)25;5-3(6)1-2-4(7)8/h4-6,8-9,14,16-17,21H,3,7,10-13H2,1-2H3,(H,24,25);1-2H,(H,5,6)(H,7,8)/b;2-1-/t14-,16-,17+;/m0./s1. The van der Waals surface area contributed by atoms with E-state index in [0.29, 0.717) is 44.4 Å². The maximum Gasteiger partial charge on any atom is 0.328 e. The fourth-order valence-corrected chi connectivity index (χ4v) is 3.52. The molecule has 1 heterocycles. The number of hydrogen-bond acceptors (Lipinski definition) is 7. The molecule has 192 valence electrons. The van der Waals surface area contributed by atoms with Gasteiger partial charge in [0.25, 0.3) is 0 Å². The van der Waals surface area contributed by atoms with Crippen LogP contribution in [-0.2, 0) is 35.1 Å². The number of aryl methyl sites for hydroxylation is 1. The molecule has 1 fully saturated rings. The smallest absolute Gasteiger partial charge is 0.328 e. The average Bonchev–Trinajstić information content (AvgIpc) is 3.31. The summed E-state index contributed by atoms with van der Waals surface area (Å²) in [4.78, 5) is 56.8. The highest BCUT2D eigenvalue weighted by Gasteiger charge is 2.36. The highest BCUT2D eigenvalue weighted by atomic mass is 16.5. The monoisotopic (exact) mass is 492 g/mol. The van der Waals surface area contributed by atoms with Gasteiger partial charge in [0.2, 0.25) is 5.91 Å². The van der Waals surface area contributed by atoms with Gasteiger partial charge in [-0.25, -0.2) is 14.4 Å². The van der Waals surface area contributed by atoms with Crippen LogP contribution < -0.4 is 5.32 Å². The van der Waals surface area contributed by atoms with Gasteiger partial charge in [0.15, 0.2) is 0 Å². The summed E-state index contributed by atoms with van der Waals surface area (Å²) in [6.07, 6.45) is 3.40. The van der Waals surface area contributed by atoms with Gasteiger partial charge in [0.1, 0.15) is 12.1 Å². The highest BCUT2D eigenvalue weighted by molar-refractivity contribution is 5.89. The van der Waals surface area contributed by atoms with E-state index in [9.17, 15) is 29.1 Å². The Morgan fingerprint density at radius 1 is 1.09 bits per heavy atom. The lowest BCUT2D eigenvalue weighted by Gasteiger charge is -2.27. The molecule has 1 aromatic rings. The van der Waals surface area contributed by atoms with Crippen LogP contribution in [0.5, 0.6) is 0 Å². The molecule has 1 saturated heterocycles. The first-order valence-corrected chi connectivity index (χ1v) is 11.2. The molecule has 11 nitrogen and oxygen atoms in total. The molecular weight excluding hydrogens is 460 g/mol. The number of amides is 1. The van der Waals surface area contributed by atoms with Crippen LogP contribution in [0.25, 0.3) is 0 Å². The van der Waals surface area contributed by atoms with Gasteiger partial charge in [0, 0.05) is 18.7 Å². The first kappa shape index (κ1) is 29.3. The molecule has 3 atom stereocenters. The number of esters is 1. The third-order valence-electron chi connectivity index (χ3n) is 5.15. The summed E-state index contributed by atoms with van der Waals surface area (Å²) in [5, 5.41) is 27.9. The second kappa shape index (κ2) is 15.2. The number of ether oxygens (including phenoxy) is 1. The summed E-state index contributed by atoms with van der Waals surface area (Å²) in [5.41, 5.74) is 1.10. The van der Waals surface area contributed by atoms with E-state index in [1.165, 1.54) is 4.90 Å². The van der Waals surface area contributed by atoms with Gasteiger partial charge in [-0.2, -0.15) is 0 Å². The molecular formula is C24H32N2O9. The number of nitrogens with zero attached hydrogens (tertiary/aromatic N) is 1. The van der Waals surface area contributed by atoms with E-state index in [4.69, 9.17) is 14.9 Å². The maximum atomic E-state index is 12.7. The van der Waals surface area contributed by atoms with E-state index in [0.717, 1.165) is 5.56 Å². The Morgan fingerprint density at radius 3 is 2.20 bits per heavy atom. The molecule has 0 unspecified atom stereocenters. The van der Waals surface area contributed by atoms with Crippen LogP contribution in [0.4, 0.5) is 0 Å². The van der Waals surface area contributed by atoms with Gasteiger partial charge in [-0.15, -0.1) is 0 Å². The number of nitrogens with one attached hydrogen (secondary N) is 1. The molecule has 0 radical (unpaired) electrons. The number of benzene rings is 1. The van der Waals surface area contributed by atoms with Crippen molar-refractivity contribution in [1.29, 1.82) is 0 Å². The number of hydrogen-bond donors (Lipinski definition) is 4. The van der Waals surface area contributed by atoms with Crippen molar-refractivity contribution in [3.8, 4) is 0 Å². The van der Waals surface area contributed by atoms with Crippen molar-refractivity contribution in [3.63, 3.8) is 0 Å². The molecule has 35 heavy (non-hydrogen) atoms. The van der Waals surface area contributed by atoms with Crippen molar-refractivity contribution in [1.82, 2.24) is 10.2 Å². The number of aliphatic carboxylic acids is 3. The Hall–Kier alpha value is -3.73. The number of rotatable bonds is 11. The first-order valence-electron chi connectivity index (χ1n) is 11.2. The van der Waals surface area contributed by atoms with Gasteiger partial charge < -0.3 is 25.0 Å². The lowest BCUT2D eigenvalue weighted by molar-refractivity contribution is -0.150. The Labute approximate surface area is 203 Å². The maximum absolute atomic E-state index is 12.7. The lowest BCUT2D eigenvalue weighted by Crippen LogP contribution is -2.53. The first-order chi connectivity index (χ1) is 16.6. The van der Waals surface area contributed by atoms with Crippen molar-refractivity contribution in [3.05, 3.63) is 48.0 Å². The fraction of sp³-hybridized carbons (Fsp3) is 0.458. The largest absolute Gasteiger partial charge is 0.480 e. The van der Waals surface area contributed by atoms with Crippen LogP contribution in [0.1, 0.15) is 38.7 Å². The van der Waals surface area contributed by atoms with E-state index < -0.39 is 42.0 Å². The zero-order valence-corrected chi connectivity index (χ0v) is 19.8. The van der Waals surface area contributed by atoms with Crippen LogP contribution in [0.15, 0.2) is 42.5 Å². The molecule has 1 amide bonds. The van der Waals surface area contributed by atoms with E-state index in [1.807, 2.05) is 30.3 Å². The van der Waals surface area contributed by atoms with Gasteiger partial charge in [-0.05, 0) is 45.1 Å². The van der Waals surface area contributed by atoms with Gasteiger partial charge >= 0.3 is 23.9 Å². The second-order valence-corrected chi connectivity index (χ2v) is 7.75. The zero-order valence-electron chi connectivity index (χ0n) is 19.8. The number of likely N-dealkylation sites (tertiary alicyclic amines) is 1. The van der Waals surface area contributed by atoms with Crippen LogP contribution in [0, 0.1) is 0 Å². The summed E-state index contributed by atoms with van der Waals surface area (Å²) in [6.45, 7) is 4.09. The highest BCUT2D eigenvalue weighted by Crippen LogP contribution is 2.19. The molecule has 0 aliphatic carbocycles. The second-order valence-electron chi connectivity index (χ2n) is 7.75. The summed E-state index contributed by atoms with van der Waals surface area (Å²) in [7, 11) is 0. The van der Waals surface area contributed by atoms with Crippen molar-refractivity contribution < 1.29 is 44.0 Å². The quantitative estimate of drug-likeness (QED) is 0.261. The van der Waals surface area contributed by atoms with Crippen molar-refractivity contribution >= 4 is 29.8 Å². The average molecular weight is 493 g/mol. The molecule has 4 N–H and O–H groups in total. The van der Waals surface area contributed by atoms with E-state index in [1.54, 1.807) is 13.8 Å². The van der Waals surface area contributed by atoms with E-state index in [-0.39, 0.29) is 12.5 Å². The summed E-state index contributed by atoms with van der Waals surface area (Å²) < 4.78 is 5.14. The van der Waals surface area contributed by atoms with Crippen LogP contribution in [0.2, 0.25) is 0 Å². The van der Waals surface area contributed by atoms with Gasteiger partial charge in [-0.3, -0.25) is 14.9 Å². The van der Waals surface area contributed by atoms with Crippen LogP contribution in [0.3, 0.4) is 0 Å². The van der Waals surface area contributed by atoms with Gasteiger partial charge in [-0.1, -0.05) is 30.3 Å². The van der Waals surface area contributed by atoms with Crippen molar-refractivity contribution in [2.45, 2.75) is 57.7 Å². The molecule has 1 aliphatic heterocycles. The molecule has 0 bridgehead atoms. The third kappa shape index (κ3) is 10.8. The predicted octanol–water partition coefficient (Wildman–Crippen LogP) is 1.32. The van der Waals surface area contributed by atoms with Crippen molar-refractivity contribution in [2.24, 2.45) is 0 Å². The minimum Gasteiger partial charge on any atom is -0.480 e. The van der Waals surface area contributed by atoms with E-state index >= 15 is 0 Å². The summed E-state index contributed by atoms with van der Waals surface area (Å²) in [6, 6.07) is 7.69. The Kier molecular flexibility index (Phi) is 12.7. The Bertz CT molecular complexity index is 886. The fourth-order valence-electron chi connectivity index (χ4n) is 3.52. The SMILES string of the molecule is CCOC(=O)[C@H](CCc1ccccc1)N[C@@H](C)C(=O)N1CCC[C@@H]1C(=O)O.O=C(O)/C=C\C(=O)O. The van der Waals surface area contributed by atoms with Crippen molar-refractivity contribution in [2.75, 3.05) is 13.2 Å². The topological polar surface area (TPSA) is 171 Å². The molecule has 0 spiro atoms. The summed E-state index contributed by atoms with van der Waals surface area (Å²) >= 11 is 0. The number of carbonyl (C=O) groups excluding carboxylic acids is 2. The molecule has 0 aromatic heterocycles.